The van der Waals surface area contributed by atoms with Crippen molar-refractivity contribution in [3.05, 3.63) is 0 Å². The second-order valence-corrected chi connectivity index (χ2v) is 6.07. The first-order valence-electron chi connectivity index (χ1n) is 8.91. The summed E-state index contributed by atoms with van der Waals surface area (Å²) in [5, 5.41) is 0. The first-order chi connectivity index (χ1) is 10.6. The Morgan fingerprint density at radius 2 is 1.45 bits per heavy atom. The molecule has 0 radical (unpaired) electrons. The molecule has 0 saturated heterocycles. The van der Waals surface area contributed by atoms with Crippen LogP contribution in [0, 0.1) is 5.92 Å². The molecular formula is C18H34O4. The van der Waals surface area contributed by atoms with Crippen LogP contribution in [0.4, 0.5) is 0 Å². The van der Waals surface area contributed by atoms with Crippen molar-refractivity contribution in [3.8, 4) is 0 Å². The molecule has 0 rings (SSSR count). The molecule has 0 bridgehead atoms. The molecule has 130 valence electrons. The van der Waals surface area contributed by atoms with Crippen LogP contribution in [0.25, 0.3) is 0 Å². The van der Waals surface area contributed by atoms with E-state index in [0.29, 0.717) is 38.4 Å². The molecule has 4 nitrogen and oxygen atoms in total. The highest BCUT2D eigenvalue weighted by atomic mass is 16.5. The van der Waals surface area contributed by atoms with Crippen LogP contribution >= 0.6 is 0 Å². The highest BCUT2D eigenvalue weighted by Gasteiger charge is 2.09. The molecule has 0 N–H and O–H groups in total. The van der Waals surface area contributed by atoms with Crippen LogP contribution in [0.5, 0.6) is 0 Å². The van der Waals surface area contributed by atoms with Gasteiger partial charge in [-0.1, -0.05) is 52.9 Å². The number of ether oxygens (including phenoxy) is 2. The molecule has 0 aromatic heterocycles. The molecule has 22 heavy (non-hydrogen) atoms. The van der Waals surface area contributed by atoms with Crippen molar-refractivity contribution in [2.24, 2.45) is 5.92 Å². The molecule has 1 unspecified atom stereocenters. The lowest BCUT2D eigenvalue weighted by Crippen LogP contribution is -2.12. The van der Waals surface area contributed by atoms with Crippen molar-refractivity contribution in [1.82, 2.24) is 0 Å². The van der Waals surface area contributed by atoms with Gasteiger partial charge >= 0.3 is 11.9 Å². The maximum Gasteiger partial charge on any atom is 0.305 e. The van der Waals surface area contributed by atoms with E-state index >= 15 is 0 Å². The van der Waals surface area contributed by atoms with Crippen molar-refractivity contribution in [2.75, 3.05) is 13.2 Å². The van der Waals surface area contributed by atoms with Gasteiger partial charge in [-0.25, -0.2) is 0 Å². The third kappa shape index (κ3) is 13.9. The molecule has 0 aliphatic carbocycles. The molecule has 0 aliphatic heterocycles. The van der Waals surface area contributed by atoms with Gasteiger partial charge in [-0.3, -0.25) is 9.59 Å². The number of carbonyl (C=O) groups is 2. The van der Waals surface area contributed by atoms with E-state index in [0.717, 1.165) is 25.7 Å². The minimum Gasteiger partial charge on any atom is -0.466 e. The third-order valence-electron chi connectivity index (χ3n) is 3.58. The standard InChI is InChI=1S/C18H34O4/c1-4-6-7-8-9-14-21-17(19)12-10-13-18(20)22-15-16(3)11-5-2/h16H,4-15H2,1-3H3. The zero-order valence-corrected chi connectivity index (χ0v) is 14.7. The Labute approximate surface area is 135 Å². The van der Waals surface area contributed by atoms with E-state index in [9.17, 15) is 9.59 Å². The largest absolute Gasteiger partial charge is 0.466 e. The molecular weight excluding hydrogens is 280 g/mol. The van der Waals surface area contributed by atoms with E-state index in [2.05, 4.69) is 20.8 Å². The predicted octanol–water partition coefficient (Wildman–Crippen LogP) is 4.65. The molecule has 0 aromatic carbocycles. The van der Waals surface area contributed by atoms with Gasteiger partial charge < -0.3 is 9.47 Å². The van der Waals surface area contributed by atoms with E-state index in [1.54, 1.807) is 0 Å². The lowest BCUT2D eigenvalue weighted by molar-refractivity contribution is -0.146. The van der Waals surface area contributed by atoms with Gasteiger partial charge in [0.2, 0.25) is 0 Å². The number of unbranched alkanes of at least 4 members (excludes halogenated alkanes) is 4. The van der Waals surface area contributed by atoms with Gasteiger partial charge in [0.1, 0.15) is 0 Å². The predicted molar refractivity (Wildman–Crippen MR) is 88.6 cm³/mol. The summed E-state index contributed by atoms with van der Waals surface area (Å²) in [6.07, 6.45) is 8.98. The van der Waals surface area contributed by atoms with Crippen molar-refractivity contribution in [2.45, 2.75) is 85.0 Å². The average molecular weight is 314 g/mol. The summed E-state index contributed by atoms with van der Waals surface area (Å²) in [5.74, 6) is -0.00964. The first kappa shape index (κ1) is 20.9. The van der Waals surface area contributed by atoms with Gasteiger partial charge in [0.25, 0.3) is 0 Å². The Morgan fingerprint density at radius 3 is 2.09 bits per heavy atom. The number of hydrogen-bond acceptors (Lipinski definition) is 4. The summed E-state index contributed by atoms with van der Waals surface area (Å²) >= 11 is 0. The summed E-state index contributed by atoms with van der Waals surface area (Å²) < 4.78 is 10.3. The summed E-state index contributed by atoms with van der Waals surface area (Å²) in [6.45, 7) is 7.36. The van der Waals surface area contributed by atoms with Gasteiger partial charge in [0, 0.05) is 12.8 Å². The van der Waals surface area contributed by atoms with Gasteiger partial charge in [0.05, 0.1) is 13.2 Å². The van der Waals surface area contributed by atoms with Crippen molar-refractivity contribution < 1.29 is 19.1 Å². The Hall–Kier alpha value is -1.06. The highest BCUT2D eigenvalue weighted by molar-refractivity contribution is 5.72. The molecule has 0 aromatic rings. The normalized spacial score (nSPS) is 12.0. The molecule has 4 heteroatoms. The Morgan fingerprint density at radius 1 is 0.818 bits per heavy atom. The Kier molecular flexibility index (Phi) is 14.1. The minimum atomic E-state index is -0.213. The zero-order valence-electron chi connectivity index (χ0n) is 14.7. The van der Waals surface area contributed by atoms with Crippen LogP contribution in [0.3, 0.4) is 0 Å². The topological polar surface area (TPSA) is 52.6 Å². The van der Waals surface area contributed by atoms with Crippen molar-refractivity contribution in [3.63, 3.8) is 0 Å². The number of rotatable bonds is 14. The fraction of sp³-hybridized carbons (Fsp3) is 0.889. The monoisotopic (exact) mass is 314 g/mol. The SMILES string of the molecule is CCCCCCCOC(=O)CCCC(=O)OCC(C)CCC. The third-order valence-corrected chi connectivity index (χ3v) is 3.58. The fourth-order valence-electron chi connectivity index (χ4n) is 2.22. The number of esters is 2. The summed E-state index contributed by atoms with van der Waals surface area (Å²) in [5.41, 5.74) is 0. The number of carbonyl (C=O) groups excluding carboxylic acids is 2. The van der Waals surface area contributed by atoms with Gasteiger partial charge in [0.15, 0.2) is 0 Å². The van der Waals surface area contributed by atoms with Gasteiger partial charge in [-0.2, -0.15) is 0 Å². The summed E-state index contributed by atoms with van der Waals surface area (Å²) in [7, 11) is 0. The molecule has 0 amide bonds. The maximum absolute atomic E-state index is 11.5. The highest BCUT2D eigenvalue weighted by Crippen LogP contribution is 2.07. The van der Waals surface area contributed by atoms with Crippen LogP contribution in [-0.2, 0) is 19.1 Å². The molecule has 1 atom stereocenters. The van der Waals surface area contributed by atoms with E-state index < -0.39 is 0 Å². The van der Waals surface area contributed by atoms with E-state index in [-0.39, 0.29) is 11.9 Å². The lowest BCUT2D eigenvalue weighted by atomic mass is 10.1. The zero-order chi connectivity index (χ0) is 16.6. The first-order valence-corrected chi connectivity index (χ1v) is 8.91. The van der Waals surface area contributed by atoms with Crippen LogP contribution in [0.15, 0.2) is 0 Å². The molecule has 0 saturated carbocycles. The fourth-order valence-corrected chi connectivity index (χ4v) is 2.22. The van der Waals surface area contributed by atoms with Crippen LogP contribution < -0.4 is 0 Å². The van der Waals surface area contributed by atoms with Crippen molar-refractivity contribution in [1.29, 1.82) is 0 Å². The Balaban J connectivity index is 3.45. The lowest BCUT2D eigenvalue weighted by Gasteiger charge is -2.10. The Bertz CT molecular complexity index is 289. The van der Waals surface area contributed by atoms with Crippen LogP contribution in [0.2, 0.25) is 0 Å². The van der Waals surface area contributed by atoms with E-state index in [1.165, 1.54) is 19.3 Å². The van der Waals surface area contributed by atoms with E-state index in [1.807, 2.05) is 0 Å². The smallest absolute Gasteiger partial charge is 0.305 e. The molecule has 0 aliphatic rings. The van der Waals surface area contributed by atoms with Gasteiger partial charge in [-0.05, 0) is 25.2 Å². The average Bonchev–Trinajstić information content (AvgIpc) is 2.49. The molecule has 0 fully saturated rings. The summed E-state index contributed by atoms with van der Waals surface area (Å²) in [6, 6.07) is 0. The molecule has 0 spiro atoms. The maximum atomic E-state index is 11.5. The quantitative estimate of drug-likeness (QED) is 0.346. The van der Waals surface area contributed by atoms with Crippen molar-refractivity contribution >= 4 is 11.9 Å². The van der Waals surface area contributed by atoms with Crippen LogP contribution in [0.1, 0.15) is 85.0 Å². The minimum absolute atomic E-state index is 0.206. The van der Waals surface area contributed by atoms with E-state index in [4.69, 9.17) is 9.47 Å². The second-order valence-electron chi connectivity index (χ2n) is 6.07. The second kappa shape index (κ2) is 14.9. The van der Waals surface area contributed by atoms with Gasteiger partial charge in [-0.15, -0.1) is 0 Å². The molecule has 0 heterocycles. The number of hydrogen-bond donors (Lipinski definition) is 0. The van der Waals surface area contributed by atoms with Crippen LogP contribution in [-0.4, -0.2) is 25.2 Å². The summed E-state index contributed by atoms with van der Waals surface area (Å²) in [4.78, 5) is 23.0.